The zero-order chi connectivity index (χ0) is 11.4. The number of anilines is 1. The Morgan fingerprint density at radius 1 is 1.50 bits per heavy atom. The van der Waals surface area contributed by atoms with Crippen molar-refractivity contribution in [1.29, 1.82) is 0 Å². The smallest absolute Gasteiger partial charge is 0.138 e. The summed E-state index contributed by atoms with van der Waals surface area (Å²) in [7, 11) is 0. The molecule has 0 radical (unpaired) electrons. The van der Waals surface area contributed by atoms with Crippen LogP contribution in [0.2, 0.25) is 0 Å². The summed E-state index contributed by atoms with van der Waals surface area (Å²) in [4.78, 5) is 10.1. The van der Waals surface area contributed by atoms with Gasteiger partial charge in [-0.1, -0.05) is 22.9 Å². The minimum Gasteiger partial charge on any atom is -0.369 e. The lowest BCUT2D eigenvalue weighted by molar-refractivity contribution is 0.773. The number of hydrogen-bond donors (Lipinski definition) is 1. The van der Waals surface area contributed by atoms with E-state index in [1.807, 2.05) is 5.38 Å². The molecule has 0 aliphatic rings. The highest BCUT2D eigenvalue weighted by Gasteiger charge is 2.05. The van der Waals surface area contributed by atoms with Gasteiger partial charge in [0.15, 0.2) is 0 Å². The number of hydrogen-bond acceptors (Lipinski definition) is 4. The predicted molar refractivity (Wildman–Crippen MR) is 73.5 cm³/mol. The lowest BCUT2D eigenvalue weighted by Crippen LogP contribution is -2.08. The number of alkyl halides is 1. The van der Waals surface area contributed by atoms with Gasteiger partial charge in [0.2, 0.25) is 0 Å². The van der Waals surface area contributed by atoms with E-state index in [0.29, 0.717) is 4.83 Å². The second kappa shape index (κ2) is 5.59. The van der Waals surface area contributed by atoms with Crippen molar-refractivity contribution >= 4 is 43.3 Å². The minimum absolute atomic E-state index is 0.583. The molecular weight excluding hydrogens is 286 g/mol. The molecule has 3 nitrogen and oxygen atoms in total. The summed E-state index contributed by atoms with van der Waals surface area (Å²) in [6.45, 7) is 3.12. The summed E-state index contributed by atoms with van der Waals surface area (Å²) in [5, 5.41) is 6.53. The minimum atomic E-state index is 0.583. The first-order chi connectivity index (χ1) is 7.81. The van der Waals surface area contributed by atoms with Crippen molar-refractivity contribution in [3.8, 4) is 0 Å². The predicted octanol–water partition coefficient (Wildman–Crippen LogP) is 3.67. The van der Waals surface area contributed by atoms with Gasteiger partial charge in [0.25, 0.3) is 0 Å². The fraction of sp³-hybridized carbons (Fsp3) is 0.455. The normalized spacial score (nSPS) is 12.9. The molecule has 0 aliphatic carbocycles. The van der Waals surface area contributed by atoms with Gasteiger partial charge >= 0.3 is 0 Å². The Bertz CT molecular complexity index is 457. The maximum atomic E-state index is 4.27. The largest absolute Gasteiger partial charge is 0.369 e. The van der Waals surface area contributed by atoms with Crippen molar-refractivity contribution in [3.05, 3.63) is 17.8 Å². The first-order valence-electron chi connectivity index (χ1n) is 5.37. The highest BCUT2D eigenvalue weighted by Crippen LogP contribution is 2.23. The molecule has 2 aromatic heterocycles. The van der Waals surface area contributed by atoms with E-state index in [4.69, 9.17) is 0 Å². The van der Waals surface area contributed by atoms with Gasteiger partial charge < -0.3 is 5.32 Å². The van der Waals surface area contributed by atoms with Crippen LogP contribution in [0.4, 0.5) is 5.82 Å². The van der Waals surface area contributed by atoms with E-state index in [-0.39, 0.29) is 0 Å². The van der Waals surface area contributed by atoms with Crippen LogP contribution in [0.25, 0.3) is 10.2 Å². The van der Waals surface area contributed by atoms with Crippen LogP contribution < -0.4 is 5.32 Å². The van der Waals surface area contributed by atoms with Gasteiger partial charge in [-0.05, 0) is 24.3 Å². The molecule has 1 N–H and O–H groups in total. The number of rotatable bonds is 5. The van der Waals surface area contributed by atoms with Gasteiger partial charge in [-0.2, -0.15) is 0 Å². The van der Waals surface area contributed by atoms with Crippen LogP contribution >= 0.6 is 27.3 Å². The molecule has 2 aromatic rings. The van der Waals surface area contributed by atoms with Crippen LogP contribution in [-0.4, -0.2) is 21.3 Å². The van der Waals surface area contributed by atoms with Crippen molar-refractivity contribution < 1.29 is 0 Å². The molecule has 2 heterocycles. The molecule has 0 fully saturated rings. The molecule has 1 unspecified atom stereocenters. The first kappa shape index (κ1) is 11.8. The third-order valence-electron chi connectivity index (χ3n) is 2.45. The van der Waals surface area contributed by atoms with Crippen LogP contribution in [0.1, 0.15) is 19.8 Å². The molecule has 0 saturated carbocycles. The van der Waals surface area contributed by atoms with Crippen molar-refractivity contribution in [2.45, 2.75) is 24.6 Å². The quantitative estimate of drug-likeness (QED) is 0.856. The average Bonchev–Trinajstić information content (AvgIpc) is 2.77. The lowest BCUT2D eigenvalue weighted by Gasteiger charge is -2.08. The summed E-state index contributed by atoms with van der Waals surface area (Å²) in [6.07, 6.45) is 3.87. The Hall–Kier alpha value is -0.680. The highest BCUT2D eigenvalue weighted by atomic mass is 79.9. The Morgan fingerprint density at radius 3 is 3.19 bits per heavy atom. The van der Waals surface area contributed by atoms with E-state index < -0.39 is 0 Å². The molecule has 1 atom stereocenters. The fourth-order valence-corrected chi connectivity index (χ4v) is 2.44. The lowest BCUT2D eigenvalue weighted by atomic mass is 10.2. The van der Waals surface area contributed by atoms with Crippen LogP contribution in [0, 0.1) is 0 Å². The van der Waals surface area contributed by atoms with E-state index in [0.717, 1.165) is 35.4 Å². The van der Waals surface area contributed by atoms with E-state index in [2.05, 4.69) is 44.2 Å². The Morgan fingerprint density at radius 2 is 2.38 bits per heavy atom. The average molecular weight is 300 g/mol. The van der Waals surface area contributed by atoms with Crippen molar-refractivity contribution in [2.75, 3.05) is 11.9 Å². The molecular formula is C11H14BrN3S. The van der Waals surface area contributed by atoms with Crippen molar-refractivity contribution in [1.82, 2.24) is 9.97 Å². The number of nitrogens with zero attached hydrogens (tertiary/aromatic N) is 2. The first-order valence-corrected chi connectivity index (χ1v) is 7.17. The Balaban J connectivity index is 2.01. The van der Waals surface area contributed by atoms with Crippen LogP contribution in [-0.2, 0) is 0 Å². The van der Waals surface area contributed by atoms with E-state index in [9.17, 15) is 0 Å². The molecule has 0 spiro atoms. The van der Waals surface area contributed by atoms with E-state index >= 15 is 0 Å². The Labute approximate surface area is 107 Å². The molecule has 0 amide bonds. The van der Waals surface area contributed by atoms with E-state index in [1.165, 1.54) is 0 Å². The Kier molecular flexibility index (Phi) is 4.12. The maximum Gasteiger partial charge on any atom is 0.138 e. The van der Waals surface area contributed by atoms with E-state index in [1.54, 1.807) is 17.7 Å². The van der Waals surface area contributed by atoms with Gasteiger partial charge in [0.05, 0.1) is 5.39 Å². The monoisotopic (exact) mass is 299 g/mol. The molecule has 0 aliphatic heterocycles. The maximum absolute atomic E-state index is 4.27. The van der Waals surface area contributed by atoms with Gasteiger partial charge in [0, 0.05) is 11.4 Å². The fourth-order valence-electron chi connectivity index (χ4n) is 1.48. The molecule has 16 heavy (non-hydrogen) atoms. The van der Waals surface area contributed by atoms with Crippen molar-refractivity contribution in [2.24, 2.45) is 0 Å². The number of halogens is 1. The standard InChI is InChI=1S/C11H14BrN3S/c1-2-8(12)3-5-13-10-9-4-6-16-11(9)15-7-14-10/h4,6-8H,2-3,5H2,1H3,(H,13,14,15). The van der Waals surface area contributed by atoms with Crippen LogP contribution in [0.3, 0.4) is 0 Å². The number of nitrogens with one attached hydrogen (secondary N) is 1. The topological polar surface area (TPSA) is 37.8 Å². The van der Waals surface area contributed by atoms with Gasteiger partial charge in [-0.3, -0.25) is 0 Å². The molecule has 0 bridgehead atoms. The van der Waals surface area contributed by atoms with Gasteiger partial charge in [-0.25, -0.2) is 9.97 Å². The highest BCUT2D eigenvalue weighted by molar-refractivity contribution is 9.09. The second-order valence-corrected chi connectivity index (χ2v) is 5.77. The SMILES string of the molecule is CCC(Br)CCNc1ncnc2sccc12. The third-order valence-corrected chi connectivity index (χ3v) is 4.38. The molecule has 2 rings (SSSR count). The van der Waals surface area contributed by atoms with Crippen LogP contribution in [0.15, 0.2) is 17.8 Å². The summed E-state index contributed by atoms with van der Waals surface area (Å²) >= 11 is 5.27. The zero-order valence-electron chi connectivity index (χ0n) is 9.11. The number of aromatic nitrogens is 2. The molecule has 5 heteroatoms. The molecule has 86 valence electrons. The van der Waals surface area contributed by atoms with Gasteiger partial charge in [0.1, 0.15) is 17.0 Å². The third kappa shape index (κ3) is 2.71. The molecule has 0 aromatic carbocycles. The van der Waals surface area contributed by atoms with Crippen LogP contribution in [0.5, 0.6) is 0 Å². The summed E-state index contributed by atoms with van der Waals surface area (Å²) < 4.78 is 0. The number of thiophene rings is 1. The van der Waals surface area contributed by atoms with Crippen molar-refractivity contribution in [3.63, 3.8) is 0 Å². The van der Waals surface area contributed by atoms with Gasteiger partial charge in [-0.15, -0.1) is 11.3 Å². The molecule has 0 saturated heterocycles. The summed E-state index contributed by atoms with van der Waals surface area (Å²) in [5.41, 5.74) is 0. The number of fused-ring (bicyclic) bond motifs is 1. The summed E-state index contributed by atoms with van der Waals surface area (Å²) in [5.74, 6) is 0.946. The second-order valence-electron chi connectivity index (χ2n) is 3.58. The zero-order valence-corrected chi connectivity index (χ0v) is 11.5. The summed E-state index contributed by atoms with van der Waals surface area (Å²) in [6, 6.07) is 2.06.